The van der Waals surface area contributed by atoms with Crippen LogP contribution in [0.1, 0.15) is 26.2 Å². The summed E-state index contributed by atoms with van der Waals surface area (Å²) < 4.78 is 1.33. The fourth-order valence-corrected chi connectivity index (χ4v) is 3.67. The van der Waals surface area contributed by atoms with Crippen molar-refractivity contribution in [2.75, 3.05) is 4.43 Å². The third kappa shape index (κ3) is 7.52. The molecule has 0 fully saturated rings. The number of alkyl halides is 1. The molecule has 3 heteroatoms. The molecule has 0 amide bonds. The molecule has 0 aliphatic heterocycles. The number of hydrogen-bond acceptors (Lipinski definition) is 0. The summed E-state index contributed by atoms with van der Waals surface area (Å²) in [5, 5.41) is 0. The molecule has 0 aromatic carbocycles. The van der Waals surface area contributed by atoms with E-state index >= 15 is 0 Å². The van der Waals surface area contributed by atoms with Gasteiger partial charge >= 0.3 is 70.6 Å². The summed E-state index contributed by atoms with van der Waals surface area (Å²) >= 11 is 1.54. The Hall–Kier alpha value is 1.52. The summed E-state index contributed by atoms with van der Waals surface area (Å²) in [7, 11) is 0. The molecule has 0 aliphatic carbocycles. The van der Waals surface area contributed by atoms with Crippen LogP contribution < -0.4 is 0 Å². The maximum atomic E-state index is 5.68. The van der Waals surface area contributed by atoms with Crippen LogP contribution in [0.3, 0.4) is 0 Å². The molecule has 0 nitrogen and oxygen atoms in total. The molecule has 0 saturated carbocycles. The maximum absolute atomic E-state index is 5.68. The Bertz CT molecular complexity index is 47.7. The fourth-order valence-electron chi connectivity index (χ4n) is 0.472. The average Bonchev–Trinajstić information content (AvgIpc) is 1.66. The second-order valence-corrected chi connectivity index (χ2v) is 11.8. The molecular formula is C5H11BI2. The van der Waals surface area contributed by atoms with Gasteiger partial charge in [0.25, 0.3) is 0 Å². The first kappa shape index (κ1) is 9.52. The van der Waals surface area contributed by atoms with Crippen molar-refractivity contribution in [3.8, 4) is 0 Å². The van der Waals surface area contributed by atoms with Crippen molar-refractivity contribution in [3.05, 3.63) is 0 Å². The van der Waals surface area contributed by atoms with Gasteiger partial charge in [0.1, 0.15) is 0 Å². The first-order valence-electron chi connectivity index (χ1n) is 2.84. The first-order valence-corrected chi connectivity index (χ1v) is 11.9. The first-order chi connectivity index (χ1) is 3.77. The van der Waals surface area contributed by atoms with Crippen molar-refractivity contribution in [2.45, 2.75) is 26.2 Å². The summed E-state index contributed by atoms with van der Waals surface area (Å²) in [5.41, 5.74) is 5.68. The van der Waals surface area contributed by atoms with Gasteiger partial charge in [0.15, 0.2) is 0 Å². The molecule has 0 rings (SSSR count). The van der Waals surface area contributed by atoms with E-state index < -0.39 is 15.6 Å². The SMILES string of the molecule is [B]I(I)CCCCC. The number of unbranched alkanes of at least 4 members (excludes halogenated alkanes) is 2. The molecule has 0 saturated heterocycles. The normalized spacial score (nSPS) is 11.5. The van der Waals surface area contributed by atoms with Crippen molar-refractivity contribution in [1.29, 1.82) is 0 Å². The van der Waals surface area contributed by atoms with Gasteiger partial charge in [-0.15, -0.1) is 0 Å². The van der Waals surface area contributed by atoms with Crippen LogP contribution in [0.5, 0.6) is 0 Å². The van der Waals surface area contributed by atoms with Crippen LogP contribution in [-0.4, -0.2) is 10.1 Å². The molecule has 0 heterocycles. The van der Waals surface area contributed by atoms with Crippen molar-refractivity contribution in [1.82, 2.24) is 0 Å². The van der Waals surface area contributed by atoms with Gasteiger partial charge in [-0.1, -0.05) is 0 Å². The van der Waals surface area contributed by atoms with Gasteiger partial charge in [0.05, 0.1) is 0 Å². The zero-order chi connectivity index (χ0) is 6.41. The van der Waals surface area contributed by atoms with Crippen LogP contribution in [-0.2, 0) is 0 Å². The zero-order valence-corrected chi connectivity index (χ0v) is 9.48. The minimum absolute atomic E-state index is 0.874. The summed E-state index contributed by atoms with van der Waals surface area (Å²) in [5.74, 6) is 0. The van der Waals surface area contributed by atoms with Crippen molar-refractivity contribution in [2.24, 2.45) is 0 Å². The van der Waals surface area contributed by atoms with Gasteiger partial charge in [-0.3, -0.25) is 0 Å². The van der Waals surface area contributed by atoms with Crippen LogP contribution >= 0.6 is 34.2 Å². The van der Waals surface area contributed by atoms with E-state index in [4.69, 9.17) is 5.70 Å². The Balaban J connectivity index is 2.72. The van der Waals surface area contributed by atoms with Crippen molar-refractivity contribution >= 4 is 39.9 Å². The van der Waals surface area contributed by atoms with Gasteiger partial charge in [-0.2, -0.15) is 0 Å². The van der Waals surface area contributed by atoms with E-state index in [1.165, 1.54) is 23.7 Å². The molecule has 0 aliphatic rings. The molecular weight excluding hydrogens is 325 g/mol. The fraction of sp³-hybridized carbons (Fsp3) is 1.00. The van der Waals surface area contributed by atoms with Gasteiger partial charge in [-0.05, 0) is 0 Å². The topological polar surface area (TPSA) is 0 Å². The predicted molar refractivity (Wildman–Crippen MR) is 58.2 cm³/mol. The Morgan fingerprint density at radius 3 is 2.50 bits per heavy atom. The predicted octanol–water partition coefficient (Wildman–Crippen LogP) is 3.12. The van der Waals surface area contributed by atoms with E-state index in [9.17, 15) is 0 Å². The minimum atomic E-state index is -0.874. The van der Waals surface area contributed by atoms with Gasteiger partial charge in [-0.25, -0.2) is 0 Å². The standard InChI is InChI=1S/C5H11BI2/c1-2-3-4-5-8(6)7/h2-5H2,1H3. The average molecular weight is 336 g/mol. The van der Waals surface area contributed by atoms with Crippen LogP contribution in [0.4, 0.5) is 0 Å². The van der Waals surface area contributed by atoms with E-state index in [1.54, 1.807) is 0 Å². The quantitative estimate of drug-likeness (QED) is 0.320. The zero-order valence-electron chi connectivity index (χ0n) is 5.16. The summed E-state index contributed by atoms with van der Waals surface area (Å²) in [6.45, 7) is 2.22. The van der Waals surface area contributed by atoms with Crippen LogP contribution in [0, 0.1) is 0 Å². The van der Waals surface area contributed by atoms with Gasteiger partial charge in [0.2, 0.25) is 0 Å². The molecule has 0 bridgehead atoms. The molecule has 8 heavy (non-hydrogen) atoms. The summed E-state index contributed by atoms with van der Waals surface area (Å²) in [6.07, 6.45) is 4.05. The third-order valence-electron chi connectivity index (χ3n) is 0.918. The number of halogens is 2. The van der Waals surface area contributed by atoms with E-state index in [2.05, 4.69) is 25.5 Å². The van der Waals surface area contributed by atoms with Crippen molar-refractivity contribution in [3.63, 3.8) is 0 Å². The van der Waals surface area contributed by atoms with E-state index in [0.717, 1.165) is 0 Å². The molecule has 0 N–H and O–H groups in total. The molecule has 2 radical (unpaired) electrons. The number of rotatable bonds is 4. The summed E-state index contributed by atoms with van der Waals surface area (Å²) in [6, 6.07) is 0. The Morgan fingerprint density at radius 2 is 2.12 bits per heavy atom. The molecule has 48 valence electrons. The monoisotopic (exact) mass is 336 g/mol. The molecule has 0 unspecified atom stereocenters. The van der Waals surface area contributed by atoms with Gasteiger partial charge in [0, 0.05) is 0 Å². The Morgan fingerprint density at radius 1 is 1.50 bits per heavy atom. The third-order valence-corrected chi connectivity index (χ3v) is 5.45. The van der Waals surface area contributed by atoms with E-state index in [-0.39, 0.29) is 0 Å². The van der Waals surface area contributed by atoms with Crippen LogP contribution in [0.2, 0.25) is 0 Å². The molecule has 0 spiro atoms. The second kappa shape index (κ2) is 6.64. The molecule has 0 atom stereocenters. The summed E-state index contributed by atoms with van der Waals surface area (Å²) in [4.78, 5) is 0. The number of hydrogen-bond donors (Lipinski definition) is 0. The Labute approximate surface area is 69.9 Å². The van der Waals surface area contributed by atoms with Gasteiger partial charge < -0.3 is 0 Å². The molecule has 0 aromatic heterocycles. The van der Waals surface area contributed by atoms with Crippen molar-refractivity contribution < 1.29 is 0 Å². The van der Waals surface area contributed by atoms with E-state index in [1.807, 2.05) is 0 Å². The van der Waals surface area contributed by atoms with Crippen LogP contribution in [0.25, 0.3) is 0 Å². The molecule has 0 aromatic rings. The second-order valence-electron chi connectivity index (χ2n) is 1.73. The van der Waals surface area contributed by atoms with Crippen LogP contribution in [0.15, 0.2) is 0 Å². The van der Waals surface area contributed by atoms with E-state index in [0.29, 0.717) is 0 Å². The Kier molecular flexibility index (Phi) is 7.91.